The van der Waals surface area contributed by atoms with Crippen molar-refractivity contribution in [2.24, 2.45) is 5.41 Å². The topological polar surface area (TPSA) is 163 Å². The number of likely N-dealkylation sites (tertiary alicyclic amines) is 2. The highest BCUT2D eigenvalue weighted by atomic mass is 19.3. The number of hydrogen-bond donors (Lipinski definition) is 3. The van der Waals surface area contributed by atoms with Gasteiger partial charge in [0.25, 0.3) is 0 Å². The molecule has 2 amide bonds. The zero-order valence-corrected chi connectivity index (χ0v) is 19.9. The van der Waals surface area contributed by atoms with Crippen LogP contribution in [0.2, 0.25) is 0 Å². The summed E-state index contributed by atoms with van der Waals surface area (Å²) in [5.41, 5.74) is -2.16. The first-order chi connectivity index (χ1) is 16.5. The average molecular weight is 534 g/mol. The fourth-order valence-corrected chi connectivity index (χ4v) is 3.77. The molecule has 2 aliphatic rings. The molecule has 2 aliphatic heterocycles. The Hall–Kier alpha value is -2.88. The highest BCUT2D eigenvalue weighted by molar-refractivity contribution is 5.81. The molecule has 2 fully saturated rings. The van der Waals surface area contributed by atoms with Crippen molar-refractivity contribution < 1.29 is 66.3 Å². The molecule has 0 bridgehead atoms. The highest BCUT2D eigenvalue weighted by Gasteiger charge is 2.50. The van der Waals surface area contributed by atoms with Crippen molar-refractivity contribution in [1.29, 1.82) is 0 Å². The predicted molar refractivity (Wildman–Crippen MR) is 111 cm³/mol. The third-order valence-electron chi connectivity index (χ3n) is 5.24. The molecular weight excluding hydrogens is 504 g/mol. The highest BCUT2D eigenvalue weighted by Crippen LogP contribution is 2.37. The van der Waals surface area contributed by atoms with Crippen LogP contribution in [-0.4, -0.2) is 106 Å². The minimum atomic E-state index is -3.20. The van der Waals surface area contributed by atoms with Crippen LogP contribution in [0.1, 0.15) is 40.0 Å². The van der Waals surface area contributed by atoms with Crippen LogP contribution in [0.5, 0.6) is 0 Å². The van der Waals surface area contributed by atoms with Crippen LogP contribution >= 0.6 is 0 Å². The number of carbonyl (C=O) groups excluding carboxylic acids is 1. The molecule has 0 spiro atoms. The van der Waals surface area contributed by atoms with Gasteiger partial charge in [0.05, 0.1) is 13.2 Å². The van der Waals surface area contributed by atoms with Gasteiger partial charge in [0.2, 0.25) is 0 Å². The summed E-state index contributed by atoms with van der Waals surface area (Å²) < 4.78 is 61.7. The summed E-state index contributed by atoms with van der Waals surface area (Å²) in [6, 6.07) is -2.26. The molecule has 2 heterocycles. The summed E-state index contributed by atoms with van der Waals surface area (Å²) in [4.78, 5) is 46.2. The van der Waals surface area contributed by atoms with E-state index >= 15 is 0 Å². The van der Waals surface area contributed by atoms with E-state index in [4.69, 9.17) is 20.1 Å². The maximum atomic E-state index is 12.1. The fraction of sp³-hybridized carbons (Fsp3) is 0.800. The molecule has 2 unspecified atom stereocenters. The van der Waals surface area contributed by atoms with Gasteiger partial charge in [0, 0.05) is 18.5 Å². The first kappa shape index (κ1) is 31.2. The number of carboxylic acids is 2. The van der Waals surface area contributed by atoms with E-state index in [1.807, 2.05) is 0 Å². The van der Waals surface area contributed by atoms with Crippen molar-refractivity contribution in [2.75, 3.05) is 26.3 Å². The Balaban J connectivity index is 0.000000381. The van der Waals surface area contributed by atoms with Crippen LogP contribution in [0.4, 0.5) is 27.2 Å². The van der Waals surface area contributed by atoms with Crippen molar-refractivity contribution >= 4 is 24.1 Å². The maximum absolute atomic E-state index is 12.1. The molecule has 0 aromatic carbocycles. The first-order valence-electron chi connectivity index (χ1n) is 10.7. The molecule has 2 rings (SSSR count). The van der Waals surface area contributed by atoms with Crippen molar-refractivity contribution in [3.05, 3.63) is 0 Å². The minimum absolute atomic E-state index is 0.464. The number of amides is 2. The summed E-state index contributed by atoms with van der Waals surface area (Å²) in [7, 11) is 0. The Morgan fingerprint density at radius 3 is 1.78 bits per heavy atom. The van der Waals surface area contributed by atoms with Gasteiger partial charge in [0.15, 0.2) is 0 Å². The molecule has 0 aromatic heterocycles. The smallest absolute Gasteiger partial charge is 0.411 e. The maximum Gasteiger partial charge on any atom is 0.411 e. The van der Waals surface area contributed by atoms with E-state index < -0.39 is 86.6 Å². The van der Waals surface area contributed by atoms with Gasteiger partial charge in [-0.3, -0.25) is 9.80 Å². The predicted octanol–water partition coefficient (Wildman–Crippen LogP) is 2.76. The van der Waals surface area contributed by atoms with Crippen molar-refractivity contribution in [2.45, 2.75) is 70.9 Å². The minimum Gasteiger partial charge on any atom is -0.480 e. The number of aliphatic carboxylic acids is 2. The van der Waals surface area contributed by atoms with Crippen molar-refractivity contribution in [1.82, 2.24) is 9.80 Å². The second-order valence-electron chi connectivity index (χ2n) is 9.28. The monoisotopic (exact) mass is 534 g/mol. The van der Waals surface area contributed by atoms with Gasteiger partial charge in [-0.15, -0.1) is 0 Å². The summed E-state index contributed by atoms with van der Waals surface area (Å²) in [6.45, 7) is -2.81. The van der Waals surface area contributed by atoms with Gasteiger partial charge in [0.1, 0.15) is 17.7 Å². The Morgan fingerprint density at radius 1 is 0.917 bits per heavy atom. The third-order valence-corrected chi connectivity index (χ3v) is 5.24. The van der Waals surface area contributed by atoms with Crippen LogP contribution < -0.4 is 0 Å². The van der Waals surface area contributed by atoms with E-state index in [9.17, 15) is 36.7 Å². The second-order valence-corrected chi connectivity index (χ2v) is 9.28. The Labute approximate surface area is 203 Å². The van der Waals surface area contributed by atoms with E-state index in [1.165, 1.54) is 4.90 Å². The van der Waals surface area contributed by atoms with E-state index in [2.05, 4.69) is 9.47 Å². The van der Waals surface area contributed by atoms with Gasteiger partial charge in [-0.05, 0) is 40.0 Å². The zero-order chi connectivity index (χ0) is 27.8. The largest absolute Gasteiger partial charge is 0.480 e. The lowest BCUT2D eigenvalue weighted by molar-refractivity contribution is -0.186. The Kier molecular flexibility index (Phi) is 11.2. The van der Waals surface area contributed by atoms with Crippen LogP contribution in [0.3, 0.4) is 0 Å². The Morgan fingerprint density at radius 2 is 1.42 bits per heavy atom. The SMILES string of the molecule is CC(C)(C)OC(=O)N1CCCC1C(=O)O.O=C(O)C1CC(COC(F)F)(COC(F)F)CN1C(=O)O. The fourth-order valence-electron chi connectivity index (χ4n) is 3.77. The molecule has 0 radical (unpaired) electrons. The number of carbonyl (C=O) groups is 4. The quantitative estimate of drug-likeness (QED) is 0.395. The number of nitrogens with zero attached hydrogens (tertiary/aromatic N) is 2. The van der Waals surface area contributed by atoms with E-state index in [0.717, 1.165) is 6.42 Å². The van der Waals surface area contributed by atoms with E-state index in [0.29, 0.717) is 17.9 Å². The Bertz CT molecular complexity index is 757. The molecule has 2 atom stereocenters. The molecular formula is C20H30F4N2O10. The van der Waals surface area contributed by atoms with Crippen molar-refractivity contribution in [3.8, 4) is 0 Å². The molecule has 16 heteroatoms. The molecule has 0 saturated carbocycles. The molecule has 36 heavy (non-hydrogen) atoms. The molecule has 0 aromatic rings. The number of alkyl halides is 4. The number of rotatable bonds is 8. The number of halogens is 4. The van der Waals surface area contributed by atoms with Gasteiger partial charge >= 0.3 is 37.3 Å². The number of ether oxygens (including phenoxy) is 3. The van der Waals surface area contributed by atoms with Gasteiger partial charge in [-0.2, -0.15) is 17.6 Å². The van der Waals surface area contributed by atoms with Gasteiger partial charge < -0.3 is 29.5 Å². The molecule has 2 saturated heterocycles. The average Bonchev–Trinajstić information content (AvgIpc) is 3.36. The lowest BCUT2D eigenvalue weighted by Crippen LogP contribution is -2.43. The first-order valence-corrected chi connectivity index (χ1v) is 10.7. The van der Waals surface area contributed by atoms with Crippen LogP contribution in [0.25, 0.3) is 0 Å². The molecule has 3 N–H and O–H groups in total. The van der Waals surface area contributed by atoms with Crippen LogP contribution in [0.15, 0.2) is 0 Å². The van der Waals surface area contributed by atoms with E-state index in [1.54, 1.807) is 20.8 Å². The van der Waals surface area contributed by atoms with Gasteiger partial charge in [-0.25, -0.2) is 19.2 Å². The molecule has 0 aliphatic carbocycles. The van der Waals surface area contributed by atoms with Crippen molar-refractivity contribution in [3.63, 3.8) is 0 Å². The second kappa shape index (κ2) is 12.9. The summed E-state index contributed by atoms with van der Waals surface area (Å²) in [5, 5.41) is 26.7. The third kappa shape index (κ3) is 9.64. The standard InChI is InChI=1S/C10H13F4NO6.C10H17NO4/c11-7(12)20-3-10(4-21-8(13)14)1-5(6(16)17)15(2-10)9(18)19;1-10(2,3)15-9(14)11-6-4-5-7(11)8(12)13/h5,7-8H,1-4H2,(H,16,17)(H,18,19);7H,4-6H2,1-3H3,(H,12,13). The van der Waals surface area contributed by atoms with E-state index in [-0.39, 0.29) is 0 Å². The number of carboxylic acid groups (broad SMARTS) is 3. The lowest BCUT2D eigenvalue weighted by atomic mass is 9.87. The zero-order valence-electron chi connectivity index (χ0n) is 19.9. The lowest BCUT2D eigenvalue weighted by Gasteiger charge is -2.27. The summed E-state index contributed by atoms with van der Waals surface area (Å²) in [6.07, 6.45) is -1.37. The summed E-state index contributed by atoms with van der Waals surface area (Å²) >= 11 is 0. The molecule has 12 nitrogen and oxygen atoms in total. The van der Waals surface area contributed by atoms with Gasteiger partial charge in [-0.1, -0.05) is 0 Å². The summed E-state index contributed by atoms with van der Waals surface area (Å²) in [5.74, 6) is -2.47. The van der Waals surface area contributed by atoms with Crippen LogP contribution in [-0.2, 0) is 23.8 Å². The number of hydrogen-bond acceptors (Lipinski definition) is 7. The van der Waals surface area contributed by atoms with Crippen LogP contribution in [0, 0.1) is 5.41 Å². The normalized spacial score (nSPS) is 21.4. The molecule has 208 valence electrons.